The fourth-order valence-electron chi connectivity index (χ4n) is 3.05. The second kappa shape index (κ2) is 7.82. The molecule has 142 valence electrons. The molecular formula is C23H18N4O2. The van der Waals surface area contributed by atoms with Gasteiger partial charge >= 0.3 is 0 Å². The van der Waals surface area contributed by atoms with Crippen LogP contribution in [-0.4, -0.2) is 21.6 Å². The molecule has 0 radical (unpaired) electrons. The van der Waals surface area contributed by atoms with Crippen LogP contribution in [0.15, 0.2) is 91.1 Å². The number of nitrogens with zero attached hydrogens (tertiary/aromatic N) is 2. The van der Waals surface area contributed by atoms with E-state index < -0.39 is 5.91 Å². The van der Waals surface area contributed by atoms with Crippen molar-refractivity contribution in [2.45, 2.75) is 0 Å². The monoisotopic (exact) mass is 382 g/mol. The highest BCUT2D eigenvalue weighted by atomic mass is 16.2. The third-order valence-electron chi connectivity index (χ3n) is 4.49. The standard InChI is InChI=1S/C23H18N4O2/c24-22(28)21-14-15-27(26-21)18-12-10-17(11-13-18)25-23(29)20-9-5-4-8-19(20)16-6-2-1-3-7-16/h1-15H,(H2,24,28)(H,25,29). The molecule has 6 heteroatoms. The molecule has 3 aromatic carbocycles. The van der Waals surface area contributed by atoms with Crippen LogP contribution in [0.5, 0.6) is 0 Å². The first kappa shape index (κ1) is 18.2. The van der Waals surface area contributed by atoms with E-state index in [1.807, 2.05) is 48.5 Å². The molecule has 0 aliphatic heterocycles. The van der Waals surface area contributed by atoms with Crippen molar-refractivity contribution in [1.82, 2.24) is 9.78 Å². The molecule has 4 rings (SSSR count). The zero-order chi connectivity index (χ0) is 20.2. The Balaban J connectivity index is 1.54. The van der Waals surface area contributed by atoms with Crippen molar-refractivity contribution >= 4 is 17.5 Å². The van der Waals surface area contributed by atoms with Crippen molar-refractivity contribution in [3.63, 3.8) is 0 Å². The van der Waals surface area contributed by atoms with E-state index in [0.29, 0.717) is 11.3 Å². The Morgan fingerprint density at radius 1 is 0.828 bits per heavy atom. The lowest BCUT2D eigenvalue weighted by Gasteiger charge is -2.11. The van der Waals surface area contributed by atoms with Crippen molar-refractivity contribution in [3.8, 4) is 16.8 Å². The van der Waals surface area contributed by atoms with Crippen molar-refractivity contribution in [2.24, 2.45) is 5.73 Å². The Labute approximate surface area is 167 Å². The molecule has 0 atom stereocenters. The number of hydrogen-bond acceptors (Lipinski definition) is 3. The molecule has 0 aliphatic rings. The number of amides is 2. The number of rotatable bonds is 5. The molecule has 1 heterocycles. The van der Waals surface area contributed by atoms with E-state index in [2.05, 4.69) is 10.4 Å². The van der Waals surface area contributed by atoms with E-state index in [1.54, 1.807) is 47.3 Å². The van der Waals surface area contributed by atoms with E-state index >= 15 is 0 Å². The molecule has 2 amide bonds. The highest BCUT2D eigenvalue weighted by molar-refractivity contribution is 6.08. The number of aromatic nitrogens is 2. The van der Waals surface area contributed by atoms with Gasteiger partial charge in [0, 0.05) is 17.4 Å². The van der Waals surface area contributed by atoms with Gasteiger partial charge in [-0.15, -0.1) is 0 Å². The molecule has 0 saturated carbocycles. The Kier molecular flexibility index (Phi) is 4.90. The van der Waals surface area contributed by atoms with Crippen LogP contribution in [0.2, 0.25) is 0 Å². The quantitative estimate of drug-likeness (QED) is 0.549. The van der Waals surface area contributed by atoms with E-state index in [0.717, 1.165) is 16.8 Å². The molecule has 3 N–H and O–H groups in total. The maximum Gasteiger partial charge on any atom is 0.269 e. The Morgan fingerprint density at radius 2 is 1.52 bits per heavy atom. The fraction of sp³-hybridized carbons (Fsp3) is 0. The second-order valence-electron chi connectivity index (χ2n) is 6.42. The van der Waals surface area contributed by atoms with Crippen LogP contribution >= 0.6 is 0 Å². The number of hydrogen-bond donors (Lipinski definition) is 2. The first-order valence-electron chi connectivity index (χ1n) is 9.03. The highest BCUT2D eigenvalue weighted by Gasteiger charge is 2.13. The summed E-state index contributed by atoms with van der Waals surface area (Å²) in [7, 11) is 0. The summed E-state index contributed by atoms with van der Waals surface area (Å²) in [5.74, 6) is -0.767. The normalized spacial score (nSPS) is 10.5. The van der Waals surface area contributed by atoms with E-state index in [1.165, 1.54) is 0 Å². The van der Waals surface area contributed by atoms with Gasteiger partial charge in [0.15, 0.2) is 0 Å². The van der Waals surface area contributed by atoms with Crippen molar-refractivity contribution in [2.75, 3.05) is 5.32 Å². The topological polar surface area (TPSA) is 90.0 Å². The van der Waals surface area contributed by atoms with Gasteiger partial charge in [0.25, 0.3) is 11.8 Å². The molecule has 0 saturated heterocycles. The lowest BCUT2D eigenvalue weighted by Crippen LogP contribution is -2.13. The molecule has 4 aromatic rings. The first-order chi connectivity index (χ1) is 14.1. The largest absolute Gasteiger partial charge is 0.364 e. The zero-order valence-corrected chi connectivity index (χ0v) is 15.4. The van der Waals surface area contributed by atoms with Gasteiger partial charge in [-0.05, 0) is 47.5 Å². The number of anilines is 1. The van der Waals surface area contributed by atoms with Crippen LogP contribution in [0.1, 0.15) is 20.8 Å². The van der Waals surface area contributed by atoms with Gasteiger partial charge in [-0.2, -0.15) is 5.10 Å². The summed E-state index contributed by atoms with van der Waals surface area (Å²) in [6.07, 6.45) is 1.66. The fourth-order valence-corrected chi connectivity index (χ4v) is 3.05. The lowest BCUT2D eigenvalue weighted by molar-refractivity contribution is 0.0993. The summed E-state index contributed by atoms with van der Waals surface area (Å²) in [6, 6.07) is 26.0. The van der Waals surface area contributed by atoms with Crippen LogP contribution in [0.25, 0.3) is 16.8 Å². The van der Waals surface area contributed by atoms with Gasteiger partial charge < -0.3 is 11.1 Å². The van der Waals surface area contributed by atoms with Crippen LogP contribution < -0.4 is 11.1 Å². The van der Waals surface area contributed by atoms with Crippen molar-refractivity contribution < 1.29 is 9.59 Å². The van der Waals surface area contributed by atoms with Crippen LogP contribution in [-0.2, 0) is 0 Å². The van der Waals surface area contributed by atoms with E-state index in [9.17, 15) is 9.59 Å². The number of benzene rings is 3. The third kappa shape index (κ3) is 3.91. The Bertz CT molecular complexity index is 1160. The number of carbonyl (C=O) groups is 2. The van der Waals surface area contributed by atoms with Gasteiger partial charge in [0.1, 0.15) is 5.69 Å². The highest BCUT2D eigenvalue weighted by Crippen LogP contribution is 2.24. The predicted molar refractivity (Wildman–Crippen MR) is 112 cm³/mol. The summed E-state index contributed by atoms with van der Waals surface area (Å²) in [4.78, 5) is 24.0. The number of nitrogens with one attached hydrogen (secondary N) is 1. The minimum Gasteiger partial charge on any atom is -0.364 e. The molecule has 1 aromatic heterocycles. The summed E-state index contributed by atoms with van der Waals surface area (Å²) >= 11 is 0. The van der Waals surface area contributed by atoms with Gasteiger partial charge in [-0.25, -0.2) is 4.68 Å². The molecule has 0 unspecified atom stereocenters. The Hall–Kier alpha value is -4.19. The summed E-state index contributed by atoms with van der Waals surface area (Å²) in [5.41, 5.74) is 9.29. The molecule has 0 spiro atoms. The maximum absolute atomic E-state index is 12.9. The summed E-state index contributed by atoms with van der Waals surface area (Å²) in [6.45, 7) is 0. The molecular weight excluding hydrogens is 364 g/mol. The average Bonchev–Trinajstić information content (AvgIpc) is 3.26. The molecule has 0 aliphatic carbocycles. The van der Waals surface area contributed by atoms with Gasteiger partial charge in [0.2, 0.25) is 0 Å². The summed E-state index contributed by atoms with van der Waals surface area (Å²) < 4.78 is 1.55. The Morgan fingerprint density at radius 3 is 2.21 bits per heavy atom. The molecule has 6 nitrogen and oxygen atoms in total. The van der Waals surface area contributed by atoms with Gasteiger partial charge in [0.05, 0.1) is 5.69 Å². The molecule has 29 heavy (non-hydrogen) atoms. The third-order valence-corrected chi connectivity index (χ3v) is 4.49. The van der Waals surface area contributed by atoms with Crippen LogP contribution in [0.3, 0.4) is 0 Å². The number of primary amides is 1. The molecule has 0 bridgehead atoms. The lowest BCUT2D eigenvalue weighted by atomic mass is 9.99. The van der Waals surface area contributed by atoms with Crippen molar-refractivity contribution in [3.05, 3.63) is 102 Å². The van der Waals surface area contributed by atoms with Crippen LogP contribution in [0, 0.1) is 0 Å². The molecule has 0 fully saturated rings. The second-order valence-corrected chi connectivity index (χ2v) is 6.42. The van der Waals surface area contributed by atoms with E-state index in [-0.39, 0.29) is 11.6 Å². The average molecular weight is 382 g/mol. The maximum atomic E-state index is 12.9. The first-order valence-corrected chi connectivity index (χ1v) is 9.03. The predicted octanol–water partition coefficient (Wildman–Crippen LogP) is 3.89. The minimum atomic E-state index is -0.579. The number of carbonyl (C=O) groups excluding carboxylic acids is 2. The van der Waals surface area contributed by atoms with Gasteiger partial charge in [-0.1, -0.05) is 48.5 Å². The van der Waals surface area contributed by atoms with E-state index in [4.69, 9.17) is 5.73 Å². The number of nitrogens with two attached hydrogens (primary N) is 1. The van der Waals surface area contributed by atoms with Crippen molar-refractivity contribution in [1.29, 1.82) is 0 Å². The van der Waals surface area contributed by atoms with Gasteiger partial charge in [-0.3, -0.25) is 9.59 Å². The SMILES string of the molecule is NC(=O)c1ccn(-c2ccc(NC(=O)c3ccccc3-c3ccccc3)cc2)n1. The minimum absolute atomic E-state index is 0.188. The van der Waals surface area contributed by atoms with Crippen LogP contribution in [0.4, 0.5) is 5.69 Å². The smallest absolute Gasteiger partial charge is 0.269 e. The summed E-state index contributed by atoms with van der Waals surface area (Å²) in [5, 5.41) is 7.05. The zero-order valence-electron chi connectivity index (χ0n) is 15.4.